The van der Waals surface area contributed by atoms with Crippen LogP contribution >= 0.6 is 12.4 Å². The average molecular weight is 403 g/mol. The lowest BCUT2D eigenvalue weighted by Crippen LogP contribution is -2.48. The van der Waals surface area contributed by atoms with Crippen molar-refractivity contribution in [2.45, 2.75) is 38.9 Å². The number of nitrogens with one attached hydrogen (secondary N) is 2. The van der Waals surface area contributed by atoms with Gasteiger partial charge in [-0.3, -0.25) is 14.4 Å². The lowest BCUT2D eigenvalue weighted by atomic mass is 9.96. The van der Waals surface area contributed by atoms with E-state index in [1.54, 1.807) is 13.8 Å². The predicted molar refractivity (Wildman–Crippen MR) is 91.4 cm³/mol. The highest BCUT2D eigenvalue weighted by Crippen LogP contribution is 2.23. The van der Waals surface area contributed by atoms with Crippen molar-refractivity contribution < 1.29 is 27.6 Å². The molecule has 152 valence electrons. The molecule has 0 saturated carbocycles. The number of halogens is 4. The van der Waals surface area contributed by atoms with E-state index in [0.29, 0.717) is 19.4 Å². The third-order valence-corrected chi connectivity index (χ3v) is 4.18. The predicted octanol–water partition coefficient (Wildman–Crippen LogP) is 0.425. The summed E-state index contributed by atoms with van der Waals surface area (Å²) < 4.78 is 37.0. The van der Waals surface area contributed by atoms with Gasteiger partial charge in [0.05, 0.1) is 12.6 Å². The van der Waals surface area contributed by atoms with Crippen LogP contribution in [0.3, 0.4) is 0 Å². The first kappa shape index (κ1) is 24.5. The maximum absolute atomic E-state index is 12.3. The Balaban J connectivity index is 0.00000625. The van der Waals surface area contributed by atoms with Gasteiger partial charge in [-0.15, -0.1) is 12.4 Å². The Labute approximate surface area is 156 Å². The number of rotatable bonds is 6. The third kappa shape index (κ3) is 7.77. The summed E-state index contributed by atoms with van der Waals surface area (Å²) >= 11 is 0. The van der Waals surface area contributed by atoms with Crippen molar-refractivity contribution >= 4 is 30.1 Å². The Kier molecular flexibility index (Phi) is 9.93. The molecular weight excluding hydrogens is 377 g/mol. The normalized spacial score (nSPS) is 16.7. The van der Waals surface area contributed by atoms with E-state index in [0.717, 1.165) is 4.90 Å². The SMILES string of the molecule is CC(C)[C@H](N)C(=O)NCC(=O)NCC1CCN(C(=O)C(F)(F)F)CC1.Cl. The summed E-state index contributed by atoms with van der Waals surface area (Å²) in [6.07, 6.45) is -4.09. The van der Waals surface area contributed by atoms with Crippen molar-refractivity contribution in [2.24, 2.45) is 17.6 Å². The summed E-state index contributed by atoms with van der Waals surface area (Å²) in [6, 6.07) is -0.691. The quantitative estimate of drug-likeness (QED) is 0.599. The van der Waals surface area contributed by atoms with Crippen LogP contribution in [-0.4, -0.2) is 61.0 Å². The highest BCUT2D eigenvalue weighted by atomic mass is 35.5. The van der Waals surface area contributed by atoms with Crippen LogP contribution in [0.2, 0.25) is 0 Å². The molecule has 1 rings (SSSR count). The molecular formula is C15H26ClF3N4O3. The summed E-state index contributed by atoms with van der Waals surface area (Å²) in [5.74, 6) is -2.68. The van der Waals surface area contributed by atoms with Crippen LogP contribution in [0.1, 0.15) is 26.7 Å². The van der Waals surface area contributed by atoms with E-state index < -0.39 is 29.9 Å². The number of piperidine rings is 1. The maximum atomic E-state index is 12.3. The van der Waals surface area contributed by atoms with Crippen LogP contribution in [0, 0.1) is 11.8 Å². The molecule has 1 aliphatic rings. The number of carbonyl (C=O) groups excluding carboxylic acids is 3. The zero-order valence-corrected chi connectivity index (χ0v) is 15.6. The van der Waals surface area contributed by atoms with Crippen LogP contribution in [0.5, 0.6) is 0 Å². The summed E-state index contributed by atoms with van der Waals surface area (Å²) in [5, 5.41) is 5.07. The fourth-order valence-electron chi connectivity index (χ4n) is 2.43. The second kappa shape index (κ2) is 10.6. The van der Waals surface area contributed by atoms with Gasteiger partial charge in [-0.2, -0.15) is 13.2 Å². The molecule has 3 amide bonds. The molecule has 4 N–H and O–H groups in total. The number of amides is 3. The van der Waals surface area contributed by atoms with Gasteiger partial charge in [0.2, 0.25) is 11.8 Å². The Bertz CT molecular complexity index is 495. The first-order valence-electron chi connectivity index (χ1n) is 8.18. The van der Waals surface area contributed by atoms with E-state index in [9.17, 15) is 27.6 Å². The van der Waals surface area contributed by atoms with Crippen LogP contribution in [-0.2, 0) is 14.4 Å². The molecule has 0 aliphatic carbocycles. The molecule has 7 nitrogen and oxygen atoms in total. The molecule has 11 heteroatoms. The van der Waals surface area contributed by atoms with Gasteiger partial charge < -0.3 is 21.3 Å². The Hall–Kier alpha value is -1.55. The fourth-order valence-corrected chi connectivity index (χ4v) is 2.43. The van der Waals surface area contributed by atoms with E-state index in [1.807, 2.05) is 0 Å². The molecule has 26 heavy (non-hydrogen) atoms. The first-order chi connectivity index (χ1) is 11.5. The molecule has 0 spiro atoms. The maximum Gasteiger partial charge on any atom is 0.471 e. The van der Waals surface area contributed by atoms with Gasteiger partial charge in [0.15, 0.2) is 0 Å². The van der Waals surface area contributed by atoms with Gasteiger partial charge >= 0.3 is 12.1 Å². The summed E-state index contributed by atoms with van der Waals surface area (Å²) in [7, 11) is 0. The number of nitrogens with two attached hydrogens (primary N) is 1. The molecule has 1 saturated heterocycles. The fraction of sp³-hybridized carbons (Fsp3) is 0.800. The van der Waals surface area contributed by atoms with Gasteiger partial charge in [-0.1, -0.05) is 13.8 Å². The molecule has 1 heterocycles. The average Bonchev–Trinajstić information content (AvgIpc) is 2.55. The van der Waals surface area contributed by atoms with Gasteiger partial charge in [0.1, 0.15) is 0 Å². The van der Waals surface area contributed by atoms with Crippen molar-refractivity contribution in [1.29, 1.82) is 0 Å². The molecule has 0 unspecified atom stereocenters. The van der Waals surface area contributed by atoms with Gasteiger partial charge in [0, 0.05) is 19.6 Å². The van der Waals surface area contributed by atoms with Crippen molar-refractivity contribution in [3.8, 4) is 0 Å². The molecule has 0 aromatic carbocycles. The summed E-state index contributed by atoms with van der Waals surface area (Å²) in [5.41, 5.74) is 5.65. The Morgan fingerprint density at radius 2 is 1.69 bits per heavy atom. The van der Waals surface area contributed by atoms with Crippen molar-refractivity contribution in [3.05, 3.63) is 0 Å². The topological polar surface area (TPSA) is 105 Å². The summed E-state index contributed by atoms with van der Waals surface area (Å²) in [4.78, 5) is 35.2. The van der Waals surface area contributed by atoms with Gasteiger partial charge in [-0.05, 0) is 24.7 Å². The summed E-state index contributed by atoms with van der Waals surface area (Å²) in [6.45, 7) is 3.70. The number of alkyl halides is 3. The van der Waals surface area contributed by atoms with Crippen LogP contribution < -0.4 is 16.4 Å². The van der Waals surface area contributed by atoms with Gasteiger partial charge in [-0.25, -0.2) is 0 Å². The second-order valence-corrected chi connectivity index (χ2v) is 6.53. The zero-order valence-electron chi connectivity index (χ0n) is 14.8. The van der Waals surface area contributed by atoms with E-state index in [2.05, 4.69) is 10.6 Å². The van der Waals surface area contributed by atoms with Crippen molar-refractivity contribution in [1.82, 2.24) is 15.5 Å². The molecule has 0 bridgehead atoms. The number of hydrogen-bond acceptors (Lipinski definition) is 4. The number of nitrogens with zero attached hydrogens (tertiary/aromatic N) is 1. The standard InChI is InChI=1S/C15H25F3N4O3.ClH/c1-9(2)12(19)13(24)21-8-11(23)20-7-10-3-5-22(6-4-10)14(25)15(16,17)18;/h9-10,12H,3-8,19H2,1-2H3,(H,20,23)(H,21,24);1H/t12-;/m0./s1. The highest BCUT2D eigenvalue weighted by Gasteiger charge is 2.43. The molecule has 1 fully saturated rings. The highest BCUT2D eigenvalue weighted by molar-refractivity contribution is 5.87. The number of hydrogen-bond donors (Lipinski definition) is 3. The first-order valence-corrected chi connectivity index (χ1v) is 8.18. The monoisotopic (exact) mass is 402 g/mol. The Morgan fingerprint density at radius 3 is 2.15 bits per heavy atom. The molecule has 0 radical (unpaired) electrons. The molecule has 1 aliphatic heterocycles. The van der Waals surface area contributed by atoms with Crippen LogP contribution in [0.4, 0.5) is 13.2 Å². The lowest BCUT2D eigenvalue weighted by Gasteiger charge is -2.32. The smallest absolute Gasteiger partial charge is 0.354 e. The Morgan fingerprint density at radius 1 is 1.15 bits per heavy atom. The van der Waals surface area contributed by atoms with Crippen LogP contribution in [0.25, 0.3) is 0 Å². The van der Waals surface area contributed by atoms with E-state index in [-0.39, 0.29) is 43.9 Å². The number of carbonyl (C=O) groups is 3. The van der Waals surface area contributed by atoms with E-state index in [1.165, 1.54) is 0 Å². The van der Waals surface area contributed by atoms with Crippen molar-refractivity contribution in [3.63, 3.8) is 0 Å². The van der Waals surface area contributed by atoms with E-state index in [4.69, 9.17) is 5.73 Å². The van der Waals surface area contributed by atoms with Gasteiger partial charge in [0.25, 0.3) is 0 Å². The molecule has 1 atom stereocenters. The second-order valence-electron chi connectivity index (χ2n) is 6.53. The van der Waals surface area contributed by atoms with Crippen molar-refractivity contribution in [2.75, 3.05) is 26.2 Å². The van der Waals surface area contributed by atoms with E-state index >= 15 is 0 Å². The minimum absolute atomic E-state index is 0. The van der Waals surface area contributed by atoms with Crippen LogP contribution in [0.15, 0.2) is 0 Å². The number of likely N-dealkylation sites (tertiary alicyclic amines) is 1. The lowest BCUT2D eigenvalue weighted by molar-refractivity contribution is -0.186. The molecule has 0 aromatic heterocycles. The largest absolute Gasteiger partial charge is 0.471 e. The zero-order chi connectivity index (χ0) is 19.2. The molecule has 0 aromatic rings. The third-order valence-electron chi connectivity index (χ3n) is 4.18. The minimum atomic E-state index is -4.85. The minimum Gasteiger partial charge on any atom is -0.354 e.